The number of nitrogens with zero attached hydrogens (tertiary/aromatic N) is 1. The molecule has 0 radical (unpaired) electrons. The summed E-state index contributed by atoms with van der Waals surface area (Å²) in [5.41, 5.74) is 2.89. The number of benzene rings is 1. The van der Waals surface area contributed by atoms with E-state index in [1.54, 1.807) is 19.3 Å². The molecular formula is C16H18BrN3O. The number of carbonyl (C=O) groups excluding carboxylic acids is 1. The molecule has 0 saturated heterocycles. The smallest absolute Gasteiger partial charge is 0.255 e. The Labute approximate surface area is 133 Å². The molecule has 1 amide bonds. The van der Waals surface area contributed by atoms with Gasteiger partial charge in [-0.1, -0.05) is 31.2 Å². The second-order valence-corrected chi connectivity index (χ2v) is 5.57. The maximum Gasteiger partial charge on any atom is 0.255 e. The Morgan fingerprint density at radius 2 is 1.90 bits per heavy atom. The number of halogens is 1. The van der Waals surface area contributed by atoms with Crippen LogP contribution in [-0.2, 0) is 13.0 Å². The van der Waals surface area contributed by atoms with Gasteiger partial charge in [0.05, 0.1) is 5.56 Å². The quantitative estimate of drug-likeness (QED) is 0.871. The number of hydrogen-bond donors (Lipinski definition) is 2. The van der Waals surface area contributed by atoms with E-state index < -0.39 is 0 Å². The SMILES string of the molecule is CCc1ccc(CNC(=O)c2cc(Br)cnc2NC)cc1. The fraction of sp³-hybridized carbons (Fsp3) is 0.250. The molecule has 110 valence electrons. The average molecular weight is 348 g/mol. The van der Waals surface area contributed by atoms with Crippen LogP contribution in [0.15, 0.2) is 41.0 Å². The van der Waals surface area contributed by atoms with Crippen LogP contribution in [0.25, 0.3) is 0 Å². The summed E-state index contributed by atoms with van der Waals surface area (Å²) in [5, 5.41) is 5.84. The fourth-order valence-electron chi connectivity index (χ4n) is 1.98. The van der Waals surface area contributed by atoms with Crippen molar-refractivity contribution in [3.63, 3.8) is 0 Å². The third kappa shape index (κ3) is 4.04. The van der Waals surface area contributed by atoms with Crippen LogP contribution in [0.5, 0.6) is 0 Å². The number of hydrogen-bond acceptors (Lipinski definition) is 3. The second kappa shape index (κ2) is 7.22. The molecule has 0 aliphatic heterocycles. The van der Waals surface area contributed by atoms with E-state index in [1.807, 2.05) is 12.1 Å². The summed E-state index contributed by atoms with van der Waals surface area (Å²) in [6.07, 6.45) is 2.67. The lowest BCUT2D eigenvalue weighted by Crippen LogP contribution is -2.24. The lowest BCUT2D eigenvalue weighted by Gasteiger charge is -2.10. The van der Waals surface area contributed by atoms with Crippen LogP contribution in [0.1, 0.15) is 28.4 Å². The van der Waals surface area contributed by atoms with E-state index >= 15 is 0 Å². The Hall–Kier alpha value is -1.88. The molecule has 0 aliphatic rings. The largest absolute Gasteiger partial charge is 0.372 e. The number of anilines is 1. The first kappa shape index (κ1) is 15.5. The minimum atomic E-state index is -0.146. The summed E-state index contributed by atoms with van der Waals surface area (Å²) in [5.74, 6) is 0.421. The van der Waals surface area contributed by atoms with Gasteiger partial charge in [0, 0.05) is 24.3 Å². The molecule has 21 heavy (non-hydrogen) atoms. The highest BCUT2D eigenvalue weighted by molar-refractivity contribution is 9.10. The van der Waals surface area contributed by atoms with Crippen molar-refractivity contribution in [2.24, 2.45) is 0 Å². The molecule has 4 nitrogen and oxygen atoms in total. The zero-order valence-corrected chi connectivity index (χ0v) is 13.7. The van der Waals surface area contributed by atoms with Crippen molar-refractivity contribution in [3.8, 4) is 0 Å². The topological polar surface area (TPSA) is 54.0 Å². The van der Waals surface area contributed by atoms with Crippen LogP contribution in [0, 0.1) is 0 Å². The molecule has 0 spiro atoms. The van der Waals surface area contributed by atoms with E-state index in [-0.39, 0.29) is 5.91 Å². The second-order valence-electron chi connectivity index (χ2n) is 4.65. The minimum absolute atomic E-state index is 0.146. The lowest BCUT2D eigenvalue weighted by molar-refractivity contribution is 0.0951. The number of aryl methyl sites for hydroxylation is 1. The van der Waals surface area contributed by atoms with Crippen LogP contribution < -0.4 is 10.6 Å². The Kier molecular flexibility index (Phi) is 5.33. The molecular weight excluding hydrogens is 330 g/mol. The molecule has 5 heteroatoms. The number of nitrogens with one attached hydrogen (secondary N) is 2. The summed E-state index contributed by atoms with van der Waals surface area (Å²) >= 11 is 3.34. The number of rotatable bonds is 5. The molecule has 1 aromatic carbocycles. The van der Waals surface area contributed by atoms with E-state index in [1.165, 1.54) is 5.56 Å². The maximum atomic E-state index is 12.3. The van der Waals surface area contributed by atoms with E-state index in [0.717, 1.165) is 16.5 Å². The van der Waals surface area contributed by atoms with E-state index in [0.29, 0.717) is 17.9 Å². The van der Waals surface area contributed by atoms with Crippen molar-refractivity contribution in [2.75, 3.05) is 12.4 Å². The zero-order chi connectivity index (χ0) is 15.2. The van der Waals surface area contributed by atoms with E-state index in [2.05, 4.69) is 50.6 Å². The summed E-state index contributed by atoms with van der Waals surface area (Å²) < 4.78 is 0.777. The van der Waals surface area contributed by atoms with Gasteiger partial charge in [0.1, 0.15) is 5.82 Å². The molecule has 0 saturated carbocycles. The summed E-state index contributed by atoms with van der Waals surface area (Å²) in [6, 6.07) is 10.0. The normalized spacial score (nSPS) is 10.2. The van der Waals surface area contributed by atoms with Crippen molar-refractivity contribution >= 4 is 27.7 Å². The Morgan fingerprint density at radius 3 is 2.52 bits per heavy atom. The van der Waals surface area contributed by atoms with E-state index in [9.17, 15) is 4.79 Å². The highest BCUT2D eigenvalue weighted by Crippen LogP contribution is 2.17. The van der Waals surface area contributed by atoms with E-state index in [4.69, 9.17) is 0 Å². The molecule has 2 rings (SSSR count). The molecule has 0 unspecified atom stereocenters. The standard InChI is InChI=1S/C16H18BrN3O/c1-3-11-4-6-12(7-5-11)9-20-16(21)14-8-13(17)10-19-15(14)18-2/h4-8,10H,3,9H2,1-2H3,(H,18,19)(H,20,21). The van der Waals surface area contributed by atoms with Gasteiger partial charge >= 0.3 is 0 Å². The van der Waals surface area contributed by atoms with Gasteiger partial charge < -0.3 is 10.6 Å². The van der Waals surface area contributed by atoms with Gasteiger partial charge in [-0.15, -0.1) is 0 Å². The van der Waals surface area contributed by atoms with Crippen molar-refractivity contribution < 1.29 is 4.79 Å². The van der Waals surface area contributed by atoms with Gasteiger partial charge in [-0.2, -0.15) is 0 Å². The van der Waals surface area contributed by atoms with Crippen molar-refractivity contribution in [1.82, 2.24) is 10.3 Å². The molecule has 1 heterocycles. The molecule has 0 fully saturated rings. The van der Waals surface area contributed by atoms with Gasteiger partial charge in [0.25, 0.3) is 5.91 Å². The van der Waals surface area contributed by atoms with Gasteiger partial charge in [0.15, 0.2) is 0 Å². The zero-order valence-electron chi connectivity index (χ0n) is 12.1. The fourth-order valence-corrected chi connectivity index (χ4v) is 2.31. The lowest BCUT2D eigenvalue weighted by atomic mass is 10.1. The van der Waals surface area contributed by atoms with Gasteiger partial charge in [-0.25, -0.2) is 4.98 Å². The number of pyridine rings is 1. The van der Waals surface area contributed by atoms with Crippen LogP contribution in [0.2, 0.25) is 0 Å². The predicted molar refractivity (Wildman–Crippen MR) is 88.5 cm³/mol. The third-order valence-electron chi connectivity index (χ3n) is 3.22. The molecule has 0 atom stereocenters. The molecule has 2 N–H and O–H groups in total. The molecule has 1 aromatic heterocycles. The van der Waals surface area contributed by atoms with Crippen molar-refractivity contribution in [1.29, 1.82) is 0 Å². The molecule has 2 aromatic rings. The number of carbonyl (C=O) groups is 1. The Morgan fingerprint density at radius 1 is 1.24 bits per heavy atom. The predicted octanol–water partition coefficient (Wildman–Crippen LogP) is 3.38. The average Bonchev–Trinajstić information content (AvgIpc) is 2.53. The Balaban J connectivity index is 2.05. The van der Waals surface area contributed by atoms with Gasteiger partial charge in [-0.3, -0.25) is 4.79 Å². The Bertz CT molecular complexity index is 626. The summed E-state index contributed by atoms with van der Waals surface area (Å²) in [6.45, 7) is 2.62. The maximum absolute atomic E-state index is 12.3. The first-order valence-corrected chi connectivity index (χ1v) is 7.62. The highest BCUT2D eigenvalue weighted by atomic mass is 79.9. The molecule has 0 aliphatic carbocycles. The highest BCUT2D eigenvalue weighted by Gasteiger charge is 2.12. The summed E-state index contributed by atoms with van der Waals surface area (Å²) in [7, 11) is 1.75. The van der Waals surface area contributed by atoms with Gasteiger partial charge in [-0.05, 0) is 39.5 Å². The van der Waals surface area contributed by atoms with Crippen LogP contribution in [-0.4, -0.2) is 17.9 Å². The van der Waals surface area contributed by atoms with Crippen LogP contribution >= 0.6 is 15.9 Å². The first-order valence-electron chi connectivity index (χ1n) is 6.83. The van der Waals surface area contributed by atoms with Crippen molar-refractivity contribution in [3.05, 3.63) is 57.7 Å². The molecule has 0 bridgehead atoms. The summed E-state index contributed by atoms with van der Waals surface area (Å²) in [4.78, 5) is 16.4. The van der Waals surface area contributed by atoms with Crippen LogP contribution in [0.4, 0.5) is 5.82 Å². The van der Waals surface area contributed by atoms with Gasteiger partial charge in [0.2, 0.25) is 0 Å². The first-order chi connectivity index (χ1) is 10.1. The monoisotopic (exact) mass is 347 g/mol. The minimum Gasteiger partial charge on any atom is -0.372 e. The van der Waals surface area contributed by atoms with Crippen LogP contribution in [0.3, 0.4) is 0 Å². The third-order valence-corrected chi connectivity index (χ3v) is 3.65. The number of aromatic nitrogens is 1. The van der Waals surface area contributed by atoms with Crippen molar-refractivity contribution in [2.45, 2.75) is 19.9 Å². The number of amides is 1.